The van der Waals surface area contributed by atoms with Crippen LogP contribution in [0.15, 0.2) is 49.6 Å². The highest BCUT2D eigenvalue weighted by Crippen LogP contribution is 2.31. The van der Waals surface area contributed by atoms with Gasteiger partial charge in [0.15, 0.2) is 0 Å². The molecule has 1 fully saturated rings. The second-order valence-corrected chi connectivity index (χ2v) is 5.49. The van der Waals surface area contributed by atoms with E-state index in [2.05, 4.69) is 49.6 Å². The highest BCUT2D eigenvalue weighted by atomic mass is 14.2. The summed E-state index contributed by atoms with van der Waals surface area (Å²) in [5.41, 5.74) is 0. The lowest BCUT2D eigenvalue weighted by atomic mass is 9.82. The van der Waals surface area contributed by atoms with E-state index in [0.717, 1.165) is 23.7 Å². The van der Waals surface area contributed by atoms with Crippen molar-refractivity contribution in [3.63, 3.8) is 0 Å². The number of hydrogen-bond acceptors (Lipinski definition) is 0. The third-order valence-corrected chi connectivity index (χ3v) is 4.18. The Balaban J connectivity index is 0.000000134. The zero-order valence-corrected chi connectivity index (χ0v) is 10.7. The molecule has 92 valence electrons. The third kappa shape index (κ3) is 3.46. The maximum absolute atomic E-state index is 3.82. The molecule has 2 atom stereocenters. The monoisotopic (exact) mass is 228 g/mol. The van der Waals surface area contributed by atoms with Gasteiger partial charge in [-0.1, -0.05) is 42.9 Å². The zero-order chi connectivity index (χ0) is 12.1. The van der Waals surface area contributed by atoms with Crippen molar-refractivity contribution < 1.29 is 0 Å². The minimum atomic E-state index is 0.761. The van der Waals surface area contributed by atoms with Gasteiger partial charge in [-0.05, 0) is 49.4 Å². The highest BCUT2D eigenvalue weighted by molar-refractivity contribution is 5.21. The molecule has 0 spiro atoms. The van der Waals surface area contributed by atoms with Crippen molar-refractivity contribution in [2.75, 3.05) is 0 Å². The standard InChI is InChI=1S/C10H16.C7H8/c1-3-9-6-5-7-10(4-2)8-9;1-2-7-4-3-6(1)5-7/h3-4,9-10H,1-2,5-8H2;1-4,6-7H,5H2. The van der Waals surface area contributed by atoms with Crippen LogP contribution in [0.25, 0.3) is 0 Å². The minimum absolute atomic E-state index is 0.761. The predicted octanol–water partition coefficient (Wildman–Crippen LogP) is 4.91. The van der Waals surface area contributed by atoms with Crippen LogP contribution in [0.3, 0.4) is 0 Å². The van der Waals surface area contributed by atoms with E-state index < -0.39 is 0 Å². The van der Waals surface area contributed by atoms with Gasteiger partial charge in [0, 0.05) is 0 Å². The van der Waals surface area contributed by atoms with E-state index in [1.54, 1.807) is 0 Å². The Morgan fingerprint density at radius 2 is 1.24 bits per heavy atom. The smallest absolute Gasteiger partial charge is 0.00445 e. The fourth-order valence-electron chi connectivity index (χ4n) is 3.02. The van der Waals surface area contributed by atoms with Crippen LogP contribution in [-0.4, -0.2) is 0 Å². The summed E-state index contributed by atoms with van der Waals surface area (Å²) < 4.78 is 0. The van der Waals surface area contributed by atoms with Crippen molar-refractivity contribution in [1.29, 1.82) is 0 Å². The lowest BCUT2D eigenvalue weighted by Gasteiger charge is -2.24. The average Bonchev–Trinajstić information content (AvgIpc) is 3.04. The van der Waals surface area contributed by atoms with Crippen molar-refractivity contribution in [2.24, 2.45) is 23.7 Å². The Bertz CT molecular complexity index is 279. The van der Waals surface area contributed by atoms with Gasteiger partial charge < -0.3 is 0 Å². The molecule has 0 aliphatic heterocycles. The summed E-state index contributed by atoms with van der Waals surface area (Å²) in [6, 6.07) is 0. The third-order valence-electron chi connectivity index (χ3n) is 4.18. The van der Waals surface area contributed by atoms with Crippen molar-refractivity contribution in [1.82, 2.24) is 0 Å². The van der Waals surface area contributed by atoms with E-state index in [1.807, 2.05) is 0 Å². The molecule has 0 N–H and O–H groups in total. The molecule has 0 saturated heterocycles. The molecule has 3 rings (SSSR count). The Hall–Kier alpha value is -1.04. The number of rotatable bonds is 2. The van der Waals surface area contributed by atoms with Crippen LogP contribution in [-0.2, 0) is 0 Å². The van der Waals surface area contributed by atoms with E-state index >= 15 is 0 Å². The second-order valence-electron chi connectivity index (χ2n) is 5.49. The first kappa shape index (κ1) is 12.4. The quantitative estimate of drug-likeness (QED) is 0.589. The summed E-state index contributed by atoms with van der Waals surface area (Å²) in [6.07, 6.45) is 20.1. The highest BCUT2D eigenvalue weighted by Gasteiger charge is 2.19. The van der Waals surface area contributed by atoms with Gasteiger partial charge in [0.25, 0.3) is 0 Å². The van der Waals surface area contributed by atoms with E-state index in [9.17, 15) is 0 Å². The Morgan fingerprint density at radius 3 is 1.53 bits per heavy atom. The topological polar surface area (TPSA) is 0 Å². The summed E-state index contributed by atoms with van der Waals surface area (Å²) in [6.45, 7) is 7.64. The first-order valence-electron chi connectivity index (χ1n) is 6.93. The molecular formula is C17H24. The molecule has 0 aromatic carbocycles. The summed E-state index contributed by atoms with van der Waals surface area (Å²) in [4.78, 5) is 0. The lowest BCUT2D eigenvalue weighted by molar-refractivity contribution is 0.353. The molecule has 0 heteroatoms. The number of hydrogen-bond donors (Lipinski definition) is 0. The second kappa shape index (κ2) is 6.05. The van der Waals surface area contributed by atoms with Gasteiger partial charge in [-0.3, -0.25) is 0 Å². The zero-order valence-electron chi connectivity index (χ0n) is 10.7. The largest absolute Gasteiger partial charge is 0.103 e. The number of fused-ring (bicyclic) bond motifs is 2. The SMILES string of the molecule is C1=CC2C=CC1C2.C=CC1CCCC(C=C)C1. The first-order valence-corrected chi connectivity index (χ1v) is 6.93. The van der Waals surface area contributed by atoms with Crippen LogP contribution >= 0.6 is 0 Å². The summed E-state index contributed by atoms with van der Waals surface area (Å²) in [5.74, 6) is 3.14. The van der Waals surface area contributed by atoms with Crippen LogP contribution in [0.5, 0.6) is 0 Å². The van der Waals surface area contributed by atoms with Crippen molar-refractivity contribution in [3.05, 3.63) is 49.6 Å². The molecule has 0 nitrogen and oxygen atoms in total. The van der Waals surface area contributed by atoms with E-state index in [0.29, 0.717) is 0 Å². The van der Waals surface area contributed by atoms with Gasteiger partial charge in [-0.2, -0.15) is 0 Å². The van der Waals surface area contributed by atoms with Gasteiger partial charge in [0.1, 0.15) is 0 Å². The maximum Gasteiger partial charge on any atom is -0.00445 e. The molecule has 3 aliphatic rings. The molecule has 0 aromatic rings. The Morgan fingerprint density at radius 1 is 0.765 bits per heavy atom. The molecule has 0 amide bonds. The summed E-state index contributed by atoms with van der Waals surface area (Å²) >= 11 is 0. The molecule has 0 aromatic heterocycles. The van der Waals surface area contributed by atoms with Gasteiger partial charge in [-0.25, -0.2) is 0 Å². The lowest BCUT2D eigenvalue weighted by Crippen LogP contribution is -2.11. The molecule has 2 unspecified atom stereocenters. The number of allylic oxidation sites excluding steroid dienone is 6. The Kier molecular flexibility index (Phi) is 4.42. The molecule has 1 saturated carbocycles. The maximum atomic E-state index is 3.82. The van der Waals surface area contributed by atoms with Gasteiger partial charge in [0.05, 0.1) is 0 Å². The molecule has 3 aliphatic carbocycles. The van der Waals surface area contributed by atoms with E-state index in [1.165, 1.54) is 32.1 Å². The van der Waals surface area contributed by atoms with Crippen LogP contribution in [0.1, 0.15) is 32.1 Å². The fraction of sp³-hybridized carbons (Fsp3) is 0.529. The minimum Gasteiger partial charge on any atom is -0.103 e. The van der Waals surface area contributed by atoms with Crippen LogP contribution in [0.4, 0.5) is 0 Å². The van der Waals surface area contributed by atoms with Crippen molar-refractivity contribution in [3.8, 4) is 0 Å². The average molecular weight is 228 g/mol. The van der Waals surface area contributed by atoms with E-state index in [-0.39, 0.29) is 0 Å². The van der Waals surface area contributed by atoms with Crippen molar-refractivity contribution >= 4 is 0 Å². The molecule has 17 heavy (non-hydrogen) atoms. The van der Waals surface area contributed by atoms with Crippen LogP contribution in [0.2, 0.25) is 0 Å². The molecule has 0 heterocycles. The van der Waals surface area contributed by atoms with E-state index in [4.69, 9.17) is 0 Å². The van der Waals surface area contributed by atoms with Gasteiger partial charge in [0.2, 0.25) is 0 Å². The fourth-order valence-corrected chi connectivity index (χ4v) is 3.02. The van der Waals surface area contributed by atoms with Gasteiger partial charge in [-0.15, -0.1) is 13.2 Å². The normalized spacial score (nSPS) is 37.4. The predicted molar refractivity (Wildman–Crippen MR) is 75.7 cm³/mol. The molecule has 2 bridgehead atoms. The van der Waals surface area contributed by atoms with Crippen LogP contribution in [0, 0.1) is 23.7 Å². The first-order chi connectivity index (χ1) is 8.31. The van der Waals surface area contributed by atoms with Crippen LogP contribution < -0.4 is 0 Å². The molecular weight excluding hydrogens is 204 g/mol. The van der Waals surface area contributed by atoms with Crippen molar-refractivity contribution in [2.45, 2.75) is 32.1 Å². The Labute approximate surface area is 106 Å². The summed E-state index contributed by atoms with van der Waals surface area (Å²) in [7, 11) is 0. The molecule has 0 radical (unpaired) electrons. The summed E-state index contributed by atoms with van der Waals surface area (Å²) in [5, 5.41) is 0. The van der Waals surface area contributed by atoms with Gasteiger partial charge >= 0.3 is 0 Å².